The Morgan fingerprint density at radius 2 is 1.75 bits per heavy atom. The summed E-state index contributed by atoms with van der Waals surface area (Å²) in [6, 6.07) is 7.80. The van der Waals surface area contributed by atoms with Gasteiger partial charge in [-0.1, -0.05) is 71.7 Å². The second kappa shape index (κ2) is 17.2. The minimum atomic E-state index is -2.29. The summed E-state index contributed by atoms with van der Waals surface area (Å²) >= 11 is 0. The molecule has 3 unspecified atom stereocenters. The lowest BCUT2D eigenvalue weighted by molar-refractivity contribution is -0.128. The number of rotatable bonds is 9. The molecule has 0 bridgehead atoms. The topological polar surface area (TPSA) is 101 Å². The second-order valence-electron chi connectivity index (χ2n) is 20.2. The van der Waals surface area contributed by atoms with E-state index in [2.05, 4.69) is 53.0 Å². The maximum absolute atomic E-state index is 17.6. The highest BCUT2D eigenvalue weighted by Gasteiger charge is 2.54. The summed E-state index contributed by atoms with van der Waals surface area (Å²) in [6.45, 7) is 23.4. The molecule has 3 aliphatic rings. The van der Waals surface area contributed by atoms with E-state index in [1.165, 1.54) is 19.2 Å². The Morgan fingerprint density at radius 1 is 1.05 bits per heavy atom. The summed E-state index contributed by atoms with van der Waals surface area (Å²) in [5.74, 6) is 2.22. The quantitative estimate of drug-likeness (QED) is 0.121. The Hall–Kier alpha value is -4.90. The van der Waals surface area contributed by atoms with Crippen molar-refractivity contribution in [1.82, 2.24) is 24.8 Å². The molecule has 2 aromatic heterocycles. The maximum atomic E-state index is 17.6. The third-order valence-electron chi connectivity index (χ3n) is 14.3. The Kier molecular flexibility index (Phi) is 12.6. The predicted octanol–water partition coefficient (Wildman–Crippen LogP) is 10.5. The van der Waals surface area contributed by atoms with Gasteiger partial charge in [0.15, 0.2) is 5.82 Å². The molecule has 2 aliphatic heterocycles. The van der Waals surface area contributed by atoms with E-state index >= 15 is 13.2 Å². The molecule has 2 amide bonds. The first-order chi connectivity index (χ1) is 29.6. The summed E-state index contributed by atoms with van der Waals surface area (Å²) in [7, 11) is -0.449. The van der Waals surface area contributed by atoms with E-state index < -0.39 is 43.0 Å². The number of pyridine rings is 1. The average molecular weight is 885 g/mol. The lowest BCUT2D eigenvalue weighted by Crippen LogP contribution is -2.45. The van der Waals surface area contributed by atoms with E-state index in [9.17, 15) is 9.59 Å². The molecule has 5 atom stereocenters. The number of nitrogens with zero attached hydrogens (tertiary/aromatic N) is 6. The molecule has 338 valence electrons. The van der Waals surface area contributed by atoms with Gasteiger partial charge < -0.3 is 24.2 Å². The monoisotopic (exact) mass is 884 g/mol. The van der Waals surface area contributed by atoms with Crippen LogP contribution in [0.25, 0.3) is 32.9 Å². The van der Waals surface area contributed by atoms with Gasteiger partial charge in [0.05, 0.1) is 29.6 Å². The number of halogens is 3. The molecule has 7 rings (SSSR count). The fourth-order valence-corrected chi connectivity index (χ4v) is 16.3. The predicted molar refractivity (Wildman–Crippen MR) is 245 cm³/mol. The number of carbonyl (C=O) groups excluding carboxylic acids is 2. The number of alkyl halides is 1. The summed E-state index contributed by atoms with van der Waals surface area (Å²) < 4.78 is 61.0. The van der Waals surface area contributed by atoms with Crippen LogP contribution in [0.4, 0.5) is 23.8 Å². The molecular weight excluding hydrogens is 822 g/mol. The van der Waals surface area contributed by atoms with Gasteiger partial charge in [-0.15, -0.1) is 5.54 Å². The molecule has 4 aromatic rings. The molecule has 10 nitrogen and oxygen atoms in total. The van der Waals surface area contributed by atoms with Crippen LogP contribution in [0.3, 0.4) is 0 Å². The van der Waals surface area contributed by atoms with Crippen molar-refractivity contribution in [2.24, 2.45) is 11.3 Å². The zero-order valence-corrected chi connectivity index (χ0v) is 39.9. The van der Waals surface area contributed by atoms with Gasteiger partial charge >= 0.3 is 12.1 Å². The zero-order chi connectivity index (χ0) is 45.9. The number of benzene rings is 2. The molecule has 2 aromatic carbocycles. The molecule has 0 N–H and O–H groups in total. The lowest BCUT2D eigenvalue weighted by atomic mass is 9.81. The van der Waals surface area contributed by atoms with Crippen LogP contribution in [-0.2, 0) is 9.53 Å². The number of carbonyl (C=O) groups is 2. The summed E-state index contributed by atoms with van der Waals surface area (Å²) in [5.41, 5.74) is 3.75. The Labute approximate surface area is 371 Å². The smallest absolute Gasteiger partial charge is 0.410 e. The molecular formula is C49H63F3N6O4Si. The minimum absolute atomic E-state index is 0.0287. The van der Waals surface area contributed by atoms with Crippen LogP contribution in [0.2, 0.25) is 16.6 Å². The fourth-order valence-electron chi connectivity index (χ4n) is 11.1. The third-order valence-corrected chi connectivity index (χ3v) is 20.5. The van der Waals surface area contributed by atoms with Crippen molar-refractivity contribution in [2.75, 3.05) is 38.2 Å². The highest BCUT2D eigenvalue weighted by Crippen LogP contribution is 2.50. The van der Waals surface area contributed by atoms with Crippen molar-refractivity contribution in [3.8, 4) is 28.7 Å². The first kappa shape index (κ1) is 46.1. The molecule has 63 heavy (non-hydrogen) atoms. The molecule has 1 saturated carbocycles. The van der Waals surface area contributed by atoms with E-state index in [0.717, 1.165) is 0 Å². The van der Waals surface area contributed by atoms with Crippen molar-refractivity contribution in [2.45, 2.75) is 136 Å². The van der Waals surface area contributed by atoms with E-state index in [1.54, 1.807) is 28.0 Å². The van der Waals surface area contributed by atoms with Crippen molar-refractivity contribution < 1.29 is 32.2 Å². The van der Waals surface area contributed by atoms with Gasteiger partial charge in [0.2, 0.25) is 5.91 Å². The molecule has 0 spiro atoms. The molecule has 14 heteroatoms. The number of hydrogen-bond donors (Lipinski definition) is 0. The van der Waals surface area contributed by atoms with Crippen LogP contribution >= 0.6 is 0 Å². The lowest BCUT2D eigenvalue weighted by Gasteiger charge is -2.38. The van der Waals surface area contributed by atoms with Crippen LogP contribution in [0.15, 0.2) is 36.5 Å². The van der Waals surface area contributed by atoms with E-state index in [0.29, 0.717) is 76.6 Å². The molecule has 0 radical (unpaired) electrons. The largest absolute Gasteiger partial charge is 0.463 e. The number of fused-ring (bicyclic) bond motifs is 3. The van der Waals surface area contributed by atoms with Gasteiger partial charge in [0.25, 0.3) is 0 Å². The Morgan fingerprint density at radius 3 is 2.40 bits per heavy atom. The minimum Gasteiger partial charge on any atom is -0.463 e. The summed E-state index contributed by atoms with van der Waals surface area (Å²) in [5, 5.41) is 1.46. The van der Waals surface area contributed by atoms with Gasteiger partial charge in [-0.2, -0.15) is 9.97 Å². The van der Waals surface area contributed by atoms with Crippen molar-refractivity contribution >= 4 is 47.6 Å². The first-order valence-corrected chi connectivity index (χ1v) is 24.7. The van der Waals surface area contributed by atoms with Gasteiger partial charge in [0.1, 0.15) is 42.7 Å². The van der Waals surface area contributed by atoms with Crippen molar-refractivity contribution in [1.29, 1.82) is 0 Å². The van der Waals surface area contributed by atoms with Crippen LogP contribution in [0.5, 0.6) is 6.01 Å². The van der Waals surface area contributed by atoms with Gasteiger partial charge in [-0.25, -0.2) is 18.0 Å². The molecule has 1 aliphatic carbocycles. The van der Waals surface area contributed by atoms with Crippen LogP contribution in [0, 0.1) is 34.4 Å². The van der Waals surface area contributed by atoms with Crippen LogP contribution < -0.4 is 9.64 Å². The van der Waals surface area contributed by atoms with E-state index in [1.807, 2.05) is 45.7 Å². The number of likely N-dealkylation sites (N-methyl/N-ethyl adjacent to an activating group) is 1. The third kappa shape index (κ3) is 8.46. The molecule has 4 heterocycles. The van der Waals surface area contributed by atoms with Crippen molar-refractivity contribution in [3.05, 3.63) is 53.7 Å². The zero-order valence-electron chi connectivity index (χ0n) is 38.9. The summed E-state index contributed by atoms with van der Waals surface area (Å²) in [4.78, 5) is 45.3. The number of ether oxygens (including phenoxy) is 2. The van der Waals surface area contributed by atoms with E-state index in [-0.39, 0.29) is 59.7 Å². The number of hydrogen-bond acceptors (Lipinski definition) is 8. The summed E-state index contributed by atoms with van der Waals surface area (Å²) in [6.07, 6.45) is 1.21. The average Bonchev–Trinajstić information content (AvgIpc) is 3.86. The van der Waals surface area contributed by atoms with Gasteiger partial charge in [-0.05, 0) is 81.0 Å². The van der Waals surface area contributed by atoms with Gasteiger partial charge in [0, 0.05) is 56.2 Å². The number of aromatic nitrogens is 3. The first-order valence-electron chi connectivity index (χ1n) is 22.4. The fraction of sp³-hybridized carbons (Fsp3) is 0.571. The Bertz CT molecular complexity index is 2460. The second-order valence-corrected chi connectivity index (χ2v) is 25.7. The highest BCUT2D eigenvalue weighted by molar-refractivity contribution is 6.90. The normalized spacial score (nSPS) is 22.6. The van der Waals surface area contributed by atoms with Crippen molar-refractivity contribution in [3.63, 3.8) is 0 Å². The standard InChI is InChI=1S/C49H63F3N6O4Si/c1-28(2)63(29(3)4,30(5)6)21-19-36-39(51)17-16-33-14-13-15-37(41(33)36)43-42(52)44-38(24-53-43)45(56(12)40-18-20-58(31(40)7)47(60)62-48(9,10)11)55-46(54-44)61-27-49-23-35(50)22-34(49)25-57(26-49)32(8)59/h13-17,24,28-31,34-35,40H,18,20,22-23,25-27H2,1-12H3/t31-,34?,35?,40-,49?/m1/s1. The van der Waals surface area contributed by atoms with Crippen LogP contribution in [0.1, 0.15) is 101 Å². The Balaban J connectivity index is 1.37. The number of likely N-dealkylation sites (tertiary alicyclic amines) is 2. The molecule has 3 fully saturated rings. The van der Waals surface area contributed by atoms with E-state index in [4.69, 9.17) is 24.4 Å². The highest BCUT2D eigenvalue weighted by atomic mass is 28.3. The SMILES string of the molecule is CC(=O)N1CC2CC(F)CC2(COc2nc(N(C)[C@@H]3CCN(C(=O)OC(C)(C)C)[C@@H]3C)c3cnc(-c4cccc5ccc(F)c(C#C[Si](C(C)C)(C(C)C)C(C)C)c45)c(F)c3n2)C1. The van der Waals surface area contributed by atoms with Gasteiger partial charge in [-0.3, -0.25) is 9.78 Å². The maximum Gasteiger partial charge on any atom is 0.410 e. The van der Waals surface area contributed by atoms with Crippen LogP contribution in [-0.4, -0.2) is 102 Å². The molecule has 2 saturated heterocycles. The number of amides is 2. The number of anilines is 1.